The molecule has 1 aromatic rings. The standard InChI is InChI=1S/C17H27NS/c1-3-16(13-19-2)18-17-11-9-15(10-12-17)14-7-5-4-6-8-14/h4-8,15-18H,3,9-13H2,1-2H3. The molecule has 1 nitrogen and oxygen atoms in total. The van der Waals surface area contributed by atoms with Crippen molar-refractivity contribution in [3.63, 3.8) is 0 Å². The molecular weight excluding hydrogens is 250 g/mol. The van der Waals surface area contributed by atoms with Gasteiger partial charge in [0.05, 0.1) is 0 Å². The first-order valence-electron chi connectivity index (χ1n) is 7.63. The first kappa shape index (κ1) is 14.9. The van der Waals surface area contributed by atoms with E-state index < -0.39 is 0 Å². The van der Waals surface area contributed by atoms with Crippen LogP contribution in [0.3, 0.4) is 0 Å². The highest BCUT2D eigenvalue weighted by molar-refractivity contribution is 7.98. The molecule has 0 heterocycles. The lowest BCUT2D eigenvalue weighted by atomic mass is 9.81. The zero-order valence-electron chi connectivity index (χ0n) is 12.3. The van der Waals surface area contributed by atoms with Gasteiger partial charge in [-0.15, -0.1) is 0 Å². The van der Waals surface area contributed by atoms with E-state index in [1.54, 1.807) is 0 Å². The van der Waals surface area contributed by atoms with Gasteiger partial charge in [0.15, 0.2) is 0 Å². The van der Waals surface area contributed by atoms with E-state index in [0.717, 1.165) is 12.0 Å². The zero-order chi connectivity index (χ0) is 13.5. The summed E-state index contributed by atoms with van der Waals surface area (Å²) in [6, 6.07) is 12.5. The van der Waals surface area contributed by atoms with E-state index in [-0.39, 0.29) is 0 Å². The van der Waals surface area contributed by atoms with Crippen LogP contribution in [0.2, 0.25) is 0 Å². The Morgan fingerprint density at radius 3 is 2.42 bits per heavy atom. The molecule has 1 N–H and O–H groups in total. The van der Waals surface area contributed by atoms with Gasteiger partial charge < -0.3 is 5.32 Å². The van der Waals surface area contributed by atoms with Gasteiger partial charge in [-0.2, -0.15) is 11.8 Å². The highest BCUT2D eigenvalue weighted by atomic mass is 32.2. The minimum Gasteiger partial charge on any atom is -0.310 e. The first-order chi connectivity index (χ1) is 9.33. The molecule has 1 fully saturated rings. The maximum absolute atomic E-state index is 3.86. The molecule has 0 bridgehead atoms. The van der Waals surface area contributed by atoms with Crippen LogP contribution in [0.25, 0.3) is 0 Å². The fourth-order valence-corrected chi connectivity index (χ4v) is 3.87. The van der Waals surface area contributed by atoms with Crippen LogP contribution in [0.5, 0.6) is 0 Å². The summed E-state index contributed by atoms with van der Waals surface area (Å²) >= 11 is 1.96. The summed E-state index contributed by atoms with van der Waals surface area (Å²) < 4.78 is 0. The summed E-state index contributed by atoms with van der Waals surface area (Å²) in [5, 5.41) is 3.86. The Morgan fingerprint density at radius 2 is 1.84 bits per heavy atom. The van der Waals surface area contributed by atoms with Crippen molar-refractivity contribution in [3.05, 3.63) is 35.9 Å². The fourth-order valence-electron chi connectivity index (χ4n) is 3.14. The van der Waals surface area contributed by atoms with E-state index in [9.17, 15) is 0 Å². The van der Waals surface area contributed by atoms with Crippen molar-refractivity contribution in [2.75, 3.05) is 12.0 Å². The highest BCUT2D eigenvalue weighted by Gasteiger charge is 2.23. The van der Waals surface area contributed by atoms with Crippen LogP contribution in [0.4, 0.5) is 0 Å². The lowest BCUT2D eigenvalue weighted by Gasteiger charge is -2.32. The van der Waals surface area contributed by atoms with Crippen LogP contribution in [0.1, 0.15) is 50.5 Å². The monoisotopic (exact) mass is 277 g/mol. The SMILES string of the molecule is CCC(CSC)NC1CCC(c2ccccc2)CC1. The maximum atomic E-state index is 3.86. The zero-order valence-corrected chi connectivity index (χ0v) is 13.1. The summed E-state index contributed by atoms with van der Waals surface area (Å²) in [4.78, 5) is 0. The van der Waals surface area contributed by atoms with E-state index >= 15 is 0 Å². The van der Waals surface area contributed by atoms with Crippen molar-refractivity contribution in [1.82, 2.24) is 5.32 Å². The Kier molecular flexibility index (Phi) is 6.25. The Bertz CT molecular complexity index is 344. The van der Waals surface area contributed by atoms with Crippen molar-refractivity contribution < 1.29 is 0 Å². The second kappa shape index (κ2) is 7.96. The number of hydrogen-bond donors (Lipinski definition) is 1. The van der Waals surface area contributed by atoms with Gasteiger partial charge in [-0.3, -0.25) is 0 Å². The van der Waals surface area contributed by atoms with Crippen molar-refractivity contribution in [2.24, 2.45) is 0 Å². The largest absolute Gasteiger partial charge is 0.310 e. The average Bonchev–Trinajstić information content (AvgIpc) is 2.48. The number of thioether (sulfide) groups is 1. The van der Waals surface area contributed by atoms with Crippen molar-refractivity contribution in [3.8, 4) is 0 Å². The molecule has 1 aliphatic carbocycles. The van der Waals surface area contributed by atoms with Gasteiger partial charge in [0.2, 0.25) is 0 Å². The topological polar surface area (TPSA) is 12.0 Å². The fraction of sp³-hybridized carbons (Fsp3) is 0.647. The predicted molar refractivity (Wildman–Crippen MR) is 87.0 cm³/mol. The number of benzene rings is 1. The molecule has 1 atom stereocenters. The molecule has 1 aromatic carbocycles. The first-order valence-corrected chi connectivity index (χ1v) is 9.02. The smallest absolute Gasteiger partial charge is 0.0158 e. The summed E-state index contributed by atoms with van der Waals surface area (Å²) in [5.74, 6) is 2.04. The van der Waals surface area contributed by atoms with Crippen LogP contribution in [0, 0.1) is 0 Å². The van der Waals surface area contributed by atoms with Crippen molar-refractivity contribution in [2.45, 2.75) is 57.0 Å². The van der Waals surface area contributed by atoms with Crippen LogP contribution >= 0.6 is 11.8 Å². The Balaban J connectivity index is 1.79. The van der Waals surface area contributed by atoms with Crippen LogP contribution in [-0.4, -0.2) is 24.1 Å². The van der Waals surface area contributed by atoms with E-state index in [1.165, 1.54) is 43.4 Å². The van der Waals surface area contributed by atoms with Crippen molar-refractivity contribution in [1.29, 1.82) is 0 Å². The predicted octanol–water partition coefficient (Wildman–Crippen LogP) is 4.44. The van der Waals surface area contributed by atoms with Gasteiger partial charge in [-0.05, 0) is 49.8 Å². The Labute approximate surface area is 122 Å². The second-order valence-electron chi connectivity index (χ2n) is 5.69. The quantitative estimate of drug-likeness (QED) is 0.825. The summed E-state index contributed by atoms with van der Waals surface area (Å²) in [7, 11) is 0. The molecule has 0 aliphatic heterocycles. The third-order valence-corrected chi connectivity index (χ3v) is 5.07. The Hall–Kier alpha value is -0.470. The lowest BCUT2D eigenvalue weighted by Crippen LogP contribution is -2.41. The summed E-state index contributed by atoms with van der Waals surface area (Å²) in [5.41, 5.74) is 1.54. The molecule has 2 rings (SSSR count). The number of rotatable bonds is 6. The molecule has 0 amide bonds. The Morgan fingerprint density at radius 1 is 1.16 bits per heavy atom. The van der Waals surface area contributed by atoms with Gasteiger partial charge in [0.25, 0.3) is 0 Å². The molecule has 0 aromatic heterocycles. The summed E-state index contributed by atoms with van der Waals surface area (Å²) in [6.45, 7) is 2.30. The van der Waals surface area contributed by atoms with Crippen LogP contribution in [0.15, 0.2) is 30.3 Å². The van der Waals surface area contributed by atoms with Crippen LogP contribution < -0.4 is 5.32 Å². The molecule has 1 saturated carbocycles. The van der Waals surface area contributed by atoms with E-state index in [1.807, 2.05) is 11.8 Å². The average molecular weight is 277 g/mol. The summed E-state index contributed by atoms with van der Waals surface area (Å²) in [6.07, 6.45) is 8.82. The highest BCUT2D eigenvalue weighted by Crippen LogP contribution is 2.32. The molecular formula is C17H27NS. The molecule has 0 radical (unpaired) electrons. The molecule has 1 unspecified atom stereocenters. The van der Waals surface area contributed by atoms with Crippen LogP contribution in [-0.2, 0) is 0 Å². The van der Waals surface area contributed by atoms with Gasteiger partial charge in [-0.1, -0.05) is 37.3 Å². The second-order valence-corrected chi connectivity index (χ2v) is 6.60. The molecule has 1 aliphatic rings. The van der Waals surface area contributed by atoms with E-state index in [0.29, 0.717) is 6.04 Å². The lowest BCUT2D eigenvalue weighted by molar-refractivity contribution is 0.319. The third kappa shape index (κ3) is 4.54. The number of hydrogen-bond acceptors (Lipinski definition) is 2. The molecule has 2 heteroatoms. The van der Waals surface area contributed by atoms with Gasteiger partial charge in [0.1, 0.15) is 0 Å². The van der Waals surface area contributed by atoms with E-state index in [4.69, 9.17) is 0 Å². The molecule has 19 heavy (non-hydrogen) atoms. The molecule has 0 spiro atoms. The van der Waals surface area contributed by atoms with Gasteiger partial charge in [-0.25, -0.2) is 0 Å². The maximum Gasteiger partial charge on any atom is 0.0158 e. The van der Waals surface area contributed by atoms with E-state index in [2.05, 4.69) is 48.8 Å². The van der Waals surface area contributed by atoms with Gasteiger partial charge >= 0.3 is 0 Å². The van der Waals surface area contributed by atoms with Gasteiger partial charge in [0, 0.05) is 17.8 Å². The minimum absolute atomic E-state index is 0.702. The number of nitrogens with one attached hydrogen (secondary N) is 1. The van der Waals surface area contributed by atoms with Crippen molar-refractivity contribution >= 4 is 11.8 Å². The minimum atomic E-state index is 0.702. The molecule has 106 valence electrons. The third-order valence-electron chi connectivity index (χ3n) is 4.33. The molecule has 0 saturated heterocycles. The normalized spacial score (nSPS) is 25.2.